The summed E-state index contributed by atoms with van der Waals surface area (Å²) in [4.78, 5) is 9.47. The van der Waals surface area contributed by atoms with Crippen LogP contribution in [-0.2, 0) is 10.5 Å². The number of carbonyl (C=O) groups excluding carboxylic acids is 1. The Morgan fingerprint density at radius 1 is 1.00 bits per heavy atom. The zero-order chi connectivity index (χ0) is 10.1. The molecule has 0 radical (unpaired) electrons. The van der Waals surface area contributed by atoms with E-state index in [2.05, 4.69) is 10.1 Å². The van der Waals surface area contributed by atoms with Gasteiger partial charge in [0, 0.05) is 0 Å². The molecule has 0 aromatic heterocycles. The SMILES string of the molecule is NC(=O)N=S(=O)=O.c1ccccc1. The first-order valence-electron chi connectivity index (χ1n) is 3.23. The monoisotopic (exact) mass is 200 g/mol. The normalized spacial score (nSPS) is 7.69. The fraction of sp³-hybridized carbons (Fsp3) is 0. The summed E-state index contributed by atoms with van der Waals surface area (Å²) in [5.41, 5.74) is 4.29. The maximum atomic E-state index is 9.47. The molecule has 0 fully saturated rings. The molecule has 0 atom stereocenters. The van der Waals surface area contributed by atoms with E-state index < -0.39 is 16.5 Å². The molecule has 5 nitrogen and oxygen atoms in total. The number of hydrogen-bond acceptors (Lipinski definition) is 3. The fourth-order valence-electron chi connectivity index (χ4n) is 0.458. The van der Waals surface area contributed by atoms with Gasteiger partial charge in [0.1, 0.15) is 0 Å². The van der Waals surface area contributed by atoms with E-state index in [4.69, 9.17) is 0 Å². The van der Waals surface area contributed by atoms with E-state index in [0.717, 1.165) is 0 Å². The molecule has 0 aliphatic heterocycles. The predicted molar refractivity (Wildman–Crippen MR) is 47.4 cm³/mol. The molecule has 0 aliphatic carbocycles. The van der Waals surface area contributed by atoms with Crippen molar-refractivity contribution in [1.82, 2.24) is 0 Å². The molecular formula is C7H8N2O3S. The van der Waals surface area contributed by atoms with Gasteiger partial charge in [-0.2, -0.15) is 8.42 Å². The van der Waals surface area contributed by atoms with Crippen molar-refractivity contribution in [3.63, 3.8) is 0 Å². The number of rotatable bonds is 0. The number of carbonyl (C=O) groups is 1. The molecule has 70 valence electrons. The quantitative estimate of drug-likeness (QED) is 0.672. The first kappa shape index (κ1) is 11.3. The van der Waals surface area contributed by atoms with Crippen LogP contribution in [0.2, 0.25) is 0 Å². The molecule has 2 N–H and O–H groups in total. The van der Waals surface area contributed by atoms with Crippen LogP contribution in [-0.4, -0.2) is 14.4 Å². The molecule has 0 saturated heterocycles. The lowest BCUT2D eigenvalue weighted by Crippen LogP contribution is -2.02. The van der Waals surface area contributed by atoms with Crippen LogP contribution < -0.4 is 5.73 Å². The molecule has 0 saturated carbocycles. The standard InChI is InChI=1S/C6H6.CH2N2O3S/c1-2-4-6-5-3-1;2-1(4)3-7(5)6/h1-6H;(H2,2,4). The van der Waals surface area contributed by atoms with Gasteiger partial charge in [-0.25, -0.2) is 4.79 Å². The van der Waals surface area contributed by atoms with Gasteiger partial charge in [0.25, 0.3) is 0 Å². The van der Waals surface area contributed by atoms with Crippen molar-refractivity contribution in [3.8, 4) is 0 Å². The summed E-state index contributed by atoms with van der Waals surface area (Å²) in [6, 6.07) is 10.8. The second-order valence-electron chi connectivity index (χ2n) is 1.80. The van der Waals surface area contributed by atoms with Gasteiger partial charge >= 0.3 is 16.5 Å². The maximum Gasteiger partial charge on any atom is 0.353 e. The topological polar surface area (TPSA) is 89.6 Å². The van der Waals surface area contributed by atoms with Crippen LogP contribution in [0.15, 0.2) is 40.8 Å². The Morgan fingerprint density at radius 3 is 1.38 bits per heavy atom. The lowest BCUT2D eigenvalue weighted by Gasteiger charge is -1.69. The van der Waals surface area contributed by atoms with Crippen molar-refractivity contribution in [2.24, 2.45) is 10.1 Å². The highest BCUT2D eigenvalue weighted by Gasteiger charge is 1.80. The summed E-state index contributed by atoms with van der Waals surface area (Å²) in [5.74, 6) is 0. The maximum absolute atomic E-state index is 9.47. The third-order valence-electron chi connectivity index (χ3n) is 0.831. The minimum absolute atomic E-state index is 1.20. The predicted octanol–water partition coefficient (Wildman–Crippen LogP) is 0.814. The van der Waals surface area contributed by atoms with Crippen LogP contribution in [0.1, 0.15) is 0 Å². The number of urea groups is 1. The van der Waals surface area contributed by atoms with Crippen LogP contribution in [0.3, 0.4) is 0 Å². The Labute approximate surface area is 76.9 Å². The van der Waals surface area contributed by atoms with Crippen LogP contribution in [0.4, 0.5) is 4.79 Å². The van der Waals surface area contributed by atoms with Crippen molar-refractivity contribution < 1.29 is 13.2 Å². The van der Waals surface area contributed by atoms with Gasteiger partial charge in [-0.05, 0) is 0 Å². The van der Waals surface area contributed by atoms with Crippen molar-refractivity contribution >= 4 is 16.5 Å². The summed E-state index contributed by atoms with van der Waals surface area (Å²) in [5, 5.41) is 0. The number of hydrogen-bond donors (Lipinski definition) is 1. The van der Waals surface area contributed by atoms with E-state index in [9.17, 15) is 13.2 Å². The van der Waals surface area contributed by atoms with E-state index in [-0.39, 0.29) is 0 Å². The Balaban J connectivity index is 0.000000223. The van der Waals surface area contributed by atoms with Crippen LogP contribution in [0.5, 0.6) is 0 Å². The Hall–Kier alpha value is -1.69. The molecule has 2 amide bonds. The Kier molecular flexibility index (Phi) is 6.08. The van der Waals surface area contributed by atoms with Gasteiger partial charge in [-0.3, -0.25) is 0 Å². The van der Waals surface area contributed by atoms with Gasteiger partial charge in [-0.15, -0.1) is 0 Å². The number of nitrogens with two attached hydrogens (primary N) is 1. The van der Waals surface area contributed by atoms with E-state index >= 15 is 0 Å². The molecule has 1 aromatic rings. The summed E-state index contributed by atoms with van der Waals surface area (Å²) in [6.45, 7) is 0. The largest absolute Gasteiger partial charge is 0.353 e. The van der Waals surface area contributed by atoms with Crippen LogP contribution in [0, 0.1) is 0 Å². The summed E-state index contributed by atoms with van der Waals surface area (Å²) >= 11 is 0. The van der Waals surface area contributed by atoms with Gasteiger partial charge in [-0.1, -0.05) is 40.8 Å². The Morgan fingerprint density at radius 2 is 1.31 bits per heavy atom. The van der Waals surface area contributed by atoms with E-state index in [0.29, 0.717) is 0 Å². The van der Waals surface area contributed by atoms with E-state index in [1.807, 2.05) is 36.4 Å². The van der Waals surface area contributed by atoms with Crippen molar-refractivity contribution in [1.29, 1.82) is 0 Å². The number of benzene rings is 1. The van der Waals surface area contributed by atoms with E-state index in [1.54, 1.807) is 0 Å². The molecule has 1 aromatic carbocycles. The van der Waals surface area contributed by atoms with Gasteiger partial charge in [0.2, 0.25) is 0 Å². The second kappa shape index (κ2) is 6.99. The molecule has 0 unspecified atom stereocenters. The molecule has 0 spiro atoms. The number of primary amides is 1. The number of amides is 2. The van der Waals surface area contributed by atoms with Gasteiger partial charge in [0.05, 0.1) is 0 Å². The highest BCUT2D eigenvalue weighted by atomic mass is 32.2. The molecule has 0 bridgehead atoms. The number of nitrogens with zero attached hydrogens (tertiary/aromatic N) is 1. The highest BCUT2D eigenvalue weighted by Crippen LogP contribution is 1.79. The third-order valence-corrected chi connectivity index (χ3v) is 1.16. The summed E-state index contributed by atoms with van der Waals surface area (Å²) < 4.78 is 21.0. The lowest BCUT2D eigenvalue weighted by molar-refractivity contribution is 0.257. The van der Waals surface area contributed by atoms with E-state index in [1.165, 1.54) is 0 Å². The molecule has 13 heavy (non-hydrogen) atoms. The zero-order valence-electron chi connectivity index (χ0n) is 6.62. The van der Waals surface area contributed by atoms with Gasteiger partial charge in [0.15, 0.2) is 0 Å². The molecule has 0 heterocycles. The summed E-state index contributed by atoms with van der Waals surface area (Å²) in [7, 11) is -2.70. The van der Waals surface area contributed by atoms with Gasteiger partial charge < -0.3 is 5.73 Å². The zero-order valence-corrected chi connectivity index (χ0v) is 7.44. The molecule has 1 rings (SSSR count). The van der Waals surface area contributed by atoms with Crippen LogP contribution in [0.25, 0.3) is 0 Å². The smallest absolute Gasteiger partial charge is 0.349 e. The van der Waals surface area contributed by atoms with Crippen molar-refractivity contribution in [2.75, 3.05) is 0 Å². The minimum Gasteiger partial charge on any atom is -0.349 e. The molecule has 0 aliphatic rings. The lowest BCUT2D eigenvalue weighted by atomic mass is 10.4. The average molecular weight is 200 g/mol. The highest BCUT2D eigenvalue weighted by molar-refractivity contribution is 7.62. The first-order chi connectivity index (χ1) is 6.13. The van der Waals surface area contributed by atoms with Crippen LogP contribution >= 0.6 is 0 Å². The van der Waals surface area contributed by atoms with Crippen molar-refractivity contribution in [2.45, 2.75) is 0 Å². The van der Waals surface area contributed by atoms with Crippen molar-refractivity contribution in [3.05, 3.63) is 36.4 Å². The second-order valence-corrected chi connectivity index (χ2v) is 2.42. The summed E-state index contributed by atoms with van der Waals surface area (Å²) in [6.07, 6.45) is 0. The molecular weight excluding hydrogens is 192 g/mol. The third kappa shape index (κ3) is 10.3. The minimum atomic E-state index is -2.70. The molecule has 6 heteroatoms. The Bertz CT molecular complexity index is 337. The fourth-order valence-corrected chi connectivity index (χ4v) is 0.605. The first-order valence-corrected chi connectivity index (χ1v) is 4.26. The average Bonchev–Trinajstić information content (AvgIpc) is 2.06.